The normalized spacial score (nSPS) is 16.7. The highest BCUT2D eigenvalue weighted by molar-refractivity contribution is 5.53. The Labute approximate surface area is 110 Å². The highest BCUT2D eigenvalue weighted by Crippen LogP contribution is 2.21. The number of aryl methyl sites for hydroxylation is 1. The molecule has 2 aromatic rings. The van der Waals surface area contributed by atoms with E-state index >= 15 is 0 Å². The van der Waals surface area contributed by atoms with Gasteiger partial charge in [0.15, 0.2) is 0 Å². The van der Waals surface area contributed by atoms with Gasteiger partial charge in [-0.15, -0.1) is 5.10 Å². The molecule has 0 unspecified atom stereocenters. The van der Waals surface area contributed by atoms with Gasteiger partial charge in [-0.3, -0.25) is 0 Å². The Hall–Kier alpha value is -1.88. The molecular weight excluding hydrogens is 244 g/mol. The predicted molar refractivity (Wildman–Crippen MR) is 70.0 cm³/mol. The summed E-state index contributed by atoms with van der Waals surface area (Å²) in [7, 11) is 0. The van der Waals surface area contributed by atoms with Crippen LogP contribution in [-0.4, -0.2) is 23.0 Å². The van der Waals surface area contributed by atoms with Crippen LogP contribution in [0, 0.1) is 6.92 Å². The molecule has 2 heterocycles. The SMILES string of the molecule is Cc1cccc(-c2nn(C3CCOCC3)c(=O)o2)c1. The minimum atomic E-state index is -0.386. The zero-order valence-corrected chi connectivity index (χ0v) is 10.8. The zero-order valence-electron chi connectivity index (χ0n) is 10.8. The Kier molecular flexibility index (Phi) is 3.21. The quantitative estimate of drug-likeness (QED) is 0.830. The van der Waals surface area contributed by atoms with E-state index in [0.717, 1.165) is 24.0 Å². The number of benzene rings is 1. The second-order valence-electron chi connectivity index (χ2n) is 4.83. The van der Waals surface area contributed by atoms with Crippen LogP contribution in [-0.2, 0) is 4.74 Å². The number of ether oxygens (including phenoxy) is 1. The van der Waals surface area contributed by atoms with E-state index in [0.29, 0.717) is 19.1 Å². The number of hydrogen-bond acceptors (Lipinski definition) is 4. The Balaban J connectivity index is 1.94. The van der Waals surface area contributed by atoms with E-state index in [1.54, 1.807) is 0 Å². The van der Waals surface area contributed by atoms with Gasteiger partial charge < -0.3 is 9.15 Å². The maximum absolute atomic E-state index is 11.9. The maximum atomic E-state index is 11.9. The second-order valence-corrected chi connectivity index (χ2v) is 4.83. The first-order chi connectivity index (χ1) is 9.24. The Morgan fingerprint density at radius 2 is 2.11 bits per heavy atom. The van der Waals surface area contributed by atoms with Crippen molar-refractivity contribution in [3.05, 3.63) is 40.4 Å². The molecule has 1 saturated heterocycles. The highest BCUT2D eigenvalue weighted by Gasteiger charge is 2.21. The maximum Gasteiger partial charge on any atom is 0.437 e. The van der Waals surface area contributed by atoms with Crippen molar-refractivity contribution in [2.75, 3.05) is 13.2 Å². The van der Waals surface area contributed by atoms with Gasteiger partial charge in [0.2, 0.25) is 5.89 Å². The standard InChI is InChI=1S/C14H16N2O3/c1-10-3-2-4-11(9-10)13-15-16(14(17)19-13)12-5-7-18-8-6-12/h2-4,9,12H,5-8H2,1H3. The van der Waals surface area contributed by atoms with Crippen LogP contribution in [0.4, 0.5) is 0 Å². The number of nitrogens with zero attached hydrogens (tertiary/aromatic N) is 2. The lowest BCUT2D eigenvalue weighted by Crippen LogP contribution is -2.27. The molecule has 0 bridgehead atoms. The lowest BCUT2D eigenvalue weighted by atomic mass is 10.1. The van der Waals surface area contributed by atoms with E-state index in [1.165, 1.54) is 4.68 Å². The molecule has 19 heavy (non-hydrogen) atoms. The van der Waals surface area contributed by atoms with E-state index in [4.69, 9.17) is 9.15 Å². The first-order valence-electron chi connectivity index (χ1n) is 6.48. The minimum absolute atomic E-state index is 0.0866. The lowest BCUT2D eigenvalue weighted by molar-refractivity contribution is 0.0644. The van der Waals surface area contributed by atoms with Crippen molar-refractivity contribution in [2.45, 2.75) is 25.8 Å². The molecular formula is C14H16N2O3. The first-order valence-corrected chi connectivity index (χ1v) is 6.48. The van der Waals surface area contributed by atoms with Crippen LogP contribution in [0.2, 0.25) is 0 Å². The molecule has 0 N–H and O–H groups in total. The van der Waals surface area contributed by atoms with Gasteiger partial charge in [-0.1, -0.05) is 17.7 Å². The summed E-state index contributed by atoms with van der Waals surface area (Å²) in [6.45, 7) is 3.34. The Morgan fingerprint density at radius 1 is 1.32 bits per heavy atom. The molecule has 1 aliphatic heterocycles. The molecule has 3 rings (SSSR count). The van der Waals surface area contributed by atoms with Crippen molar-refractivity contribution in [1.29, 1.82) is 0 Å². The third-order valence-electron chi connectivity index (χ3n) is 3.37. The van der Waals surface area contributed by atoms with Crippen LogP contribution in [0.25, 0.3) is 11.5 Å². The highest BCUT2D eigenvalue weighted by atomic mass is 16.5. The van der Waals surface area contributed by atoms with Crippen molar-refractivity contribution in [3.8, 4) is 11.5 Å². The van der Waals surface area contributed by atoms with Crippen molar-refractivity contribution in [1.82, 2.24) is 9.78 Å². The van der Waals surface area contributed by atoms with Gasteiger partial charge in [0.1, 0.15) is 0 Å². The van der Waals surface area contributed by atoms with Crippen LogP contribution < -0.4 is 5.76 Å². The molecule has 0 amide bonds. The van der Waals surface area contributed by atoms with E-state index in [2.05, 4.69) is 5.10 Å². The molecule has 1 aromatic heterocycles. The molecule has 1 aliphatic rings. The van der Waals surface area contributed by atoms with Crippen LogP contribution in [0.3, 0.4) is 0 Å². The molecule has 5 heteroatoms. The first kappa shape index (κ1) is 12.2. The molecule has 0 saturated carbocycles. The van der Waals surface area contributed by atoms with Crippen molar-refractivity contribution < 1.29 is 9.15 Å². The summed E-state index contributed by atoms with van der Waals surface area (Å²) in [5.74, 6) is 0.00333. The fourth-order valence-corrected chi connectivity index (χ4v) is 2.34. The predicted octanol–water partition coefficient (Wildman–Crippen LogP) is 2.16. The minimum Gasteiger partial charge on any atom is -0.388 e. The number of hydrogen-bond donors (Lipinski definition) is 0. The van der Waals surface area contributed by atoms with Gasteiger partial charge in [0, 0.05) is 18.8 Å². The molecule has 0 aliphatic carbocycles. The van der Waals surface area contributed by atoms with Crippen LogP contribution in [0.1, 0.15) is 24.4 Å². The van der Waals surface area contributed by atoms with Gasteiger partial charge in [-0.05, 0) is 31.9 Å². The van der Waals surface area contributed by atoms with E-state index in [9.17, 15) is 4.79 Å². The fraction of sp³-hybridized carbons (Fsp3) is 0.429. The summed E-state index contributed by atoms with van der Waals surface area (Å²) < 4.78 is 12.0. The Morgan fingerprint density at radius 3 is 2.84 bits per heavy atom. The van der Waals surface area contributed by atoms with E-state index < -0.39 is 0 Å². The average molecular weight is 260 g/mol. The molecule has 0 radical (unpaired) electrons. The number of aromatic nitrogens is 2. The van der Waals surface area contributed by atoms with Crippen molar-refractivity contribution in [3.63, 3.8) is 0 Å². The number of rotatable bonds is 2. The molecule has 0 spiro atoms. The smallest absolute Gasteiger partial charge is 0.388 e. The van der Waals surface area contributed by atoms with E-state index in [1.807, 2.05) is 31.2 Å². The largest absolute Gasteiger partial charge is 0.437 e. The van der Waals surface area contributed by atoms with Gasteiger partial charge in [0.25, 0.3) is 0 Å². The Bertz CT molecular complexity index is 624. The zero-order chi connectivity index (χ0) is 13.2. The third kappa shape index (κ3) is 2.46. The summed E-state index contributed by atoms with van der Waals surface area (Å²) >= 11 is 0. The summed E-state index contributed by atoms with van der Waals surface area (Å²) in [6.07, 6.45) is 1.61. The fourth-order valence-electron chi connectivity index (χ4n) is 2.34. The van der Waals surface area contributed by atoms with Crippen LogP contribution in [0.5, 0.6) is 0 Å². The second kappa shape index (κ2) is 5.01. The molecule has 0 atom stereocenters. The van der Waals surface area contributed by atoms with Crippen LogP contribution >= 0.6 is 0 Å². The topological polar surface area (TPSA) is 57.3 Å². The van der Waals surface area contributed by atoms with Gasteiger partial charge in [-0.2, -0.15) is 4.68 Å². The summed E-state index contributed by atoms with van der Waals surface area (Å²) in [5.41, 5.74) is 1.95. The van der Waals surface area contributed by atoms with E-state index in [-0.39, 0.29) is 11.8 Å². The molecule has 1 aromatic carbocycles. The van der Waals surface area contributed by atoms with Crippen molar-refractivity contribution >= 4 is 0 Å². The van der Waals surface area contributed by atoms with Crippen LogP contribution in [0.15, 0.2) is 33.5 Å². The molecule has 5 nitrogen and oxygen atoms in total. The molecule has 100 valence electrons. The summed E-state index contributed by atoms with van der Waals surface area (Å²) in [6, 6.07) is 7.87. The third-order valence-corrected chi connectivity index (χ3v) is 3.37. The summed E-state index contributed by atoms with van der Waals surface area (Å²) in [4.78, 5) is 11.9. The average Bonchev–Trinajstić information content (AvgIpc) is 2.82. The van der Waals surface area contributed by atoms with Gasteiger partial charge in [-0.25, -0.2) is 4.79 Å². The lowest BCUT2D eigenvalue weighted by Gasteiger charge is -2.20. The van der Waals surface area contributed by atoms with Crippen molar-refractivity contribution in [2.24, 2.45) is 0 Å². The molecule has 1 fully saturated rings. The van der Waals surface area contributed by atoms with Gasteiger partial charge >= 0.3 is 5.76 Å². The monoisotopic (exact) mass is 260 g/mol. The summed E-state index contributed by atoms with van der Waals surface area (Å²) in [5, 5.41) is 4.33. The van der Waals surface area contributed by atoms with Gasteiger partial charge in [0.05, 0.1) is 6.04 Å².